The Balaban J connectivity index is 2.34. The smallest absolute Gasteiger partial charge is 0.119 e. The molecule has 0 bridgehead atoms. The van der Waals surface area contributed by atoms with Crippen LogP contribution in [0.25, 0.3) is 0 Å². The average Bonchev–Trinajstić information content (AvgIpc) is 2.32. The highest BCUT2D eigenvalue weighted by Crippen LogP contribution is 2.30. The average molecular weight is 242 g/mol. The quantitative estimate of drug-likeness (QED) is 0.879. The predicted octanol–water partition coefficient (Wildman–Crippen LogP) is 3.12. The zero-order valence-corrected chi connectivity index (χ0v) is 10.0. The molecule has 84 valence electrons. The fraction of sp³-hybridized carbons (Fsp3) is 0.0769. The molecule has 0 aliphatic heterocycles. The van der Waals surface area contributed by atoms with Gasteiger partial charge in [0.25, 0.3) is 0 Å². The summed E-state index contributed by atoms with van der Waals surface area (Å²) in [5, 5.41) is 19.0. The number of hydrogen-bond donors (Lipinski definition) is 1. The summed E-state index contributed by atoms with van der Waals surface area (Å²) in [4.78, 5) is 5.15. The van der Waals surface area contributed by atoms with Gasteiger partial charge in [0.05, 0.1) is 5.56 Å². The molecule has 0 amide bonds. The normalized spacial score (nSPS) is 9.88. The molecular formula is C13H10N2OS. The van der Waals surface area contributed by atoms with Crippen molar-refractivity contribution < 1.29 is 5.11 Å². The molecule has 0 atom stereocenters. The van der Waals surface area contributed by atoms with E-state index in [-0.39, 0.29) is 5.75 Å². The highest BCUT2D eigenvalue weighted by atomic mass is 32.2. The molecule has 1 heterocycles. The first-order chi connectivity index (χ1) is 8.20. The molecule has 0 saturated heterocycles. The van der Waals surface area contributed by atoms with Gasteiger partial charge in [-0.2, -0.15) is 5.26 Å². The van der Waals surface area contributed by atoms with E-state index in [2.05, 4.69) is 11.1 Å². The van der Waals surface area contributed by atoms with Gasteiger partial charge in [-0.15, -0.1) is 0 Å². The molecule has 0 aliphatic carbocycles. The highest BCUT2D eigenvalue weighted by Gasteiger charge is 2.08. The molecule has 1 N–H and O–H groups in total. The molecule has 0 fully saturated rings. The van der Waals surface area contributed by atoms with Crippen LogP contribution < -0.4 is 0 Å². The minimum atomic E-state index is 0.229. The SMILES string of the molecule is Cc1ccnc(Sc2ccc(O)cc2)c1C#N. The van der Waals surface area contributed by atoms with Crippen LogP contribution >= 0.6 is 11.8 Å². The van der Waals surface area contributed by atoms with E-state index in [1.54, 1.807) is 30.5 Å². The van der Waals surface area contributed by atoms with Crippen molar-refractivity contribution in [1.29, 1.82) is 5.26 Å². The van der Waals surface area contributed by atoms with Crippen LogP contribution in [0.3, 0.4) is 0 Å². The van der Waals surface area contributed by atoms with E-state index in [1.165, 1.54) is 11.8 Å². The summed E-state index contributed by atoms with van der Waals surface area (Å²) in [6.45, 7) is 1.89. The maximum atomic E-state index is 9.19. The van der Waals surface area contributed by atoms with Crippen LogP contribution in [-0.4, -0.2) is 10.1 Å². The van der Waals surface area contributed by atoms with Gasteiger partial charge in [-0.1, -0.05) is 11.8 Å². The van der Waals surface area contributed by atoms with E-state index < -0.39 is 0 Å². The second-order valence-electron chi connectivity index (χ2n) is 3.52. The van der Waals surface area contributed by atoms with Gasteiger partial charge in [-0.3, -0.25) is 0 Å². The van der Waals surface area contributed by atoms with Crippen LogP contribution in [0.1, 0.15) is 11.1 Å². The lowest BCUT2D eigenvalue weighted by atomic mass is 10.2. The van der Waals surface area contributed by atoms with E-state index in [0.717, 1.165) is 10.5 Å². The van der Waals surface area contributed by atoms with Crippen molar-refractivity contribution in [3.63, 3.8) is 0 Å². The van der Waals surface area contributed by atoms with Crippen molar-refractivity contribution in [2.24, 2.45) is 0 Å². The fourth-order valence-corrected chi connectivity index (χ4v) is 2.29. The van der Waals surface area contributed by atoms with Crippen LogP contribution in [-0.2, 0) is 0 Å². The lowest BCUT2D eigenvalue weighted by molar-refractivity contribution is 0.475. The maximum absolute atomic E-state index is 9.19. The number of aromatic nitrogens is 1. The number of nitrogens with zero attached hydrogens (tertiary/aromatic N) is 2. The van der Waals surface area contributed by atoms with Gasteiger partial charge in [0.2, 0.25) is 0 Å². The molecule has 1 aromatic carbocycles. The van der Waals surface area contributed by atoms with Crippen LogP contribution in [0.5, 0.6) is 5.75 Å². The molecule has 0 radical (unpaired) electrons. The molecular weight excluding hydrogens is 232 g/mol. The van der Waals surface area contributed by atoms with Gasteiger partial charge in [0.1, 0.15) is 16.8 Å². The Morgan fingerprint density at radius 3 is 2.59 bits per heavy atom. The number of phenolic OH excluding ortho intramolecular Hbond substituents is 1. The van der Waals surface area contributed by atoms with Crippen molar-refractivity contribution in [2.45, 2.75) is 16.8 Å². The third kappa shape index (κ3) is 2.58. The summed E-state index contributed by atoms with van der Waals surface area (Å²) in [7, 11) is 0. The monoisotopic (exact) mass is 242 g/mol. The summed E-state index contributed by atoms with van der Waals surface area (Å²) in [6.07, 6.45) is 1.69. The third-order valence-electron chi connectivity index (χ3n) is 2.29. The Morgan fingerprint density at radius 2 is 1.94 bits per heavy atom. The molecule has 0 unspecified atom stereocenters. The van der Waals surface area contributed by atoms with Gasteiger partial charge in [0.15, 0.2) is 0 Å². The minimum Gasteiger partial charge on any atom is -0.508 e. The van der Waals surface area contributed by atoms with Crippen LogP contribution in [0, 0.1) is 18.3 Å². The second kappa shape index (κ2) is 4.89. The largest absolute Gasteiger partial charge is 0.508 e. The number of phenols is 1. The van der Waals surface area contributed by atoms with Crippen molar-refractivity contribution in [1.82, 2.24) is 4.98 Å². The first kappa shape index (κ1) is 11.5. The molecule has 1 aromatic heterocycles. The number of pyridine rings is 1. The Kier molecular flexibility index (Phi) is 3.31. The molecule has 2 aromatic rings. The molecule has 0 spiro atoms. The van der Waals surface area contributed by atoms with Crippen molar-refractivity contribution >= 4 is 11.8 Å². The Hall–Kier alpha value is -1.99. The molecule has 0 saturated carbocycles. The summed E-state index contributed by atoms with van der Waals surface area (Å²) in [6, 6.07) is 10.8. The van der Waals surface area contributed by atoms with Gasteiger partial charge in [-0.25, -0.2) is 4.98 Å². The van der Waals surface area contributed by atoms with Crippen LogP contribution in [0.2, 0.25) is 0 Å². The summed E-state index contributed by atoms with van der Waals surface area (Å²) in [5.74, 6) is 0.229. The Morgan fingerprint density at radius 1 is 1.24 bits per heavy atom. The van der Waals surface area contributed by atoms with E-state index in [0.29, 0.717) is 10.6 Å². The number of aryl methyl sites for hydroxylation is 1. The van der Waals surface area contributed by atoms with E-state index in [1.807, 2.05) is 13.0 Å². The van der Waals surface area contributed by atoms with Gasteiger partial charge in [0, 0.05) is 11.1 Å². The Bertz CT molecular complexity index is 573. The predicted molar refractivity (Wildman–Crippen MR) is 65.9 cm³/mol. The first-order valence-corrected chi connectivity index (χ1v) is 5.85. The van der Waals surface area contributed by atoms with Gasteiger partial charge in [-0.05, 0) is 42.8 Å². The van der Waals surface area contributed by atoms with Gasteiger partial charge < -0.3 is 5.11 Å². The molecule has 0 aliphatic rings. The zero-order valence-electron chi connectivity index (χ0n) is 9.21. The maximum Gasteiger partial charge on any atom is 0.119 e. The summed E-state index contributed by atoms with van der Waals surface area (Å²) in [5.41, 5.74) is 1.52. The number of benzene rings is 1. The fourth-order valence-electron chi connectivity index (χ4n) is 1.37. The van der Waals surface area contributed by atoms with Crippen LogP contribution in [0.4, 0.5) is 0 Å². The molecule has 2 rings (SSSR count). The van der Waals surface area contributed by atoms with E-state index in [9.17, 15) is 5.11 Å². The second-order valence-corrected chi connectivity index (χ2v) is 4.58. The number of hydrogen-bond acceptors (Lipinski definition) is 4. The third-order valence-corrected chi connectivity index (χ3v) is 3.30. The lowest BCUT2D eigenvalue weighted by Gasteiger charge is -2.04. The number of nitriles is 1. The Labute approximate surface area is 104 Å². The summed E-state index contributed by atoms with van der Waals surface area (Å²) < 4.78 is 0. The minimum absolute atomic E-state index is 0.229. The summed E-state index contributed by atoms with van der Waals surface area (Å²) >= 11 is 1.42. The van der Waals surface area contributed by atoms with E-state index >= 15 is 0 Å². The van der Waals surface area contributed by atoms with Crippen LogP contribution in [0.15, 0.2) is 46.5 Å². The standard InChI is InChI=1S/C13H10N2OS/c1-9-6-7-15-13(12(9)8-14)17-11-4-2-10(16)3-5-11/h2-7,16H,1H3. The zero-order chi connectivity index (χ0) is 12.3. The van der Waals surface area contributed by atoms with Crippen molar-refractivity contribution in [2.75, 3.05) is 0 Å². The topological polar surface area (TPSA) is 56.9 Å². The highest BCUT2D eigenvalue weighted by molar-refractivity contribution is 7.99. The van der Waals surface area contributed by atoms with E-state index in [4.69, 9.17) is 5.26 Å². The molecule has 4 heteroatoms. The number of rotatable bonds is 2. The van der Waals surface area contributed by atoms with Crippen molar-refractivity contribution in [3.8, 4) is 11.8 Å². The van der Waals surface area contributed by atoms with Crippen molar-refractivity contribution in [3.05, 3.63) is 47.7 Å². The first-order valence-electron chi connectivity index (χ1n) is 5.03. The number of aromatic hydroxyl groups is 1. The molecule has 3 nitrogen and oxygen atoms in total. The van der Waals surface area contributed by atoms with Gasteiger partial charge >= 0.3 is 0 Å². The molecule has 17 heavy (non-hydrogen) atoms. The lowest BCUT2D eigenvalue weighted by Crippen LogP contribution is -1.89.